The van der Waals surface area contributed by atoms with Crippen LogP contribution in [0, 0.1) is 0 Å². The Hall–Kier alpha value is 0.0400. The van der Waals surface area contributed by atoms with E-state index in [0.29, 0.717) is 4.48 Å². The summed E-state index contributed by atoms with van der Waals surface area (Å²) in [6, 6.07) is 0. The maximum Gasteiger partial charge on any atom is 0.283 e. The van der Waals surface area contributed by atoms with Crippen LogP contribution in [0.5, 0.6) is 0 Å². The smallest absolute Gasteiger partial charge is 0.266 e. The van der Waals surface area contributed by atoms with E-state index in [1.165, 1.54) is 4.99 Å². The van der Waals surface area contributed by atoms with Gasteiger partial charge in [0.25, 0.3) is 5.91 Å². The van der Waals surface area contributed by atoms with Gasteiger partial charge in [0.2, 0.25) is 0 Å². The molecule has 0 aromatic rings. The fourth-order valence-electron chi connectivity index (χ4n) is 0.122. The van der Waals surface area contributed by atoms with Crippen molar-refractivity contribution in [2.24, 2.45) is 4.99 Å². The number of rotatable bonds is 1. The van der Waals surface area contributed by atoms with E-state index in [1.54, 1.807) is 0 Å². The van der Waals surface area contributed by atoms with E-state index in [1.807, 2.05) is 0 Å². The zero-order chi connectivity index (χ0) is 6.57. The molecule has 8 heavy (non-hydrogen) atoms. The molecule has 2 nitrogen and oxygen atoms in total. The number of nitrogens with zero attached hydrogens (tertiary/aromatic N) is 1. The fraction of sp³-hybridized carbons (Fsp3) is 0. The molecule has 0 radical (unpaired) electrons. The molecule has 0 fully saturated rings. The second kappa shape index (κ2) is 3.97. The molecule has 0 N–H and O–H groups in total. The lowest BCUT2D eigenvalue weighted by Crippen LogP contribution is -1.87. The van der Waals surface area contributed by atoms with Gasteiger partial charge < -0.3 is 0 Å². The van der Waals surface area contributed by atoms with Crippen LogP contribution in [-0.4, -0.2) is 12.6 Å². The summed E-state index contributed by atoms with van der Waals surface area (Å²) in [6.45, 7) is 3.04. The number of aliphatic imine (C=N–C) groups is 1. The molecule has 1 amide bonds. The molecule has 0 atom stereocenters. The van der Waals surface area contributed by atoms with Gasteiger partial charge in [0.15, 0.2) is 0 Å². The Balaban J connectivity index is 4.03. The molecule has 0 aromatic carbocycles. The standard InChI is InChI=1S/C4H3Br2NO/c1-7-4(8)3(6)2-5/h2H,1H2. The van der Waals surface area contributed by atoms with Crippen LogP contribution in [0.15, 0.2) is 14.5 Å². The number of carbonyl (C=O) groups excluding carboxylic acids is 1. The zero-order valence-electron chi connectivity index (χ0n) is 3.90. The second-order valence-corrected chi connectivity index (χ2v) is 2.23. The van der Waals surface area contributed by atoms with Crippen LogP contribution in [0.25, 0.3) is 0 Å². The minimum Gasteiger partial charge on any atom is -0.266 e. The number of hydrogen-bond donors (Lipinski definition) is 0. The van der Waals surface area contributed by atoms with E-state index in [9.17, 15) is 4.79 Å². The minimum absolute atomic E-state index is 0.368. The zero-order valence-corrected chi connectivity index (χ0v) is 7.07. The van der Waals surface area contributed by atoms with Gasteiger partial charge in [-0.3, -0.25) is 4.79 Å². The predicted octanol–water partition coefficient (Wildman–Crippen LogP) is 1.84. The van der Waals surface area contributed by atoms with Crippen molar-refractivity contribution in [3.8, 4) is 0 Å². The lowest BCUT2D eigenvalue weighted by Gasteiger charge is -1.83. The van der Waals surface area contributed by atoms with E-state index in [2.05, 4.69) is 43.6 Å². The quantitative estimate of drug-likeness (QED) is 0.508. The topological polar surface area (TPSA) is 29.4 Å². The van der Waals surface area contributed by atoms with Crippen molar-refractivity contribution in [3.63, 3.8) is 0 Å². The third kappa shape index (κ3) is 2.37. The van der Waals surface area contributed by atoms with Crippen LogP contribution in [0.3, 0.4) is 0 Å². The highest BCUT2D eigenvalue weighted by atomic mass is 79.9. The van der Waals surface area contributed by atoms with Gasteiger partial charge in [0.05, 0.1) is 4.48 Å². The van der Waals surface area contributed by atoms with Gasteiger partial charge >= 0.3 is 0 Å². The molecule has 0 aromatic heterocycles. The summed E-state index contributed by atoms with van der Waals surface area (Å²) in [6.07, 6.45) is 0. The van der Waals surface area contributed by atoms with Crippen molar-refractivity contribution in [3.05, 3.63) is 9.47 Å². The average Bonchev–Trinajstić information content (AvgIpc) is 1.84. The number of carbonyl (C=O) groups is 1. The molecule has 0 aliphatic carbocycles. The summed E-state index contributed by atoms with van der Waals surface area (Å²) in [7, 11) is 0. The Morgan fingerprint density at radius 1 is 1.75 bits per heavy atom. The maximum atomic E-state index is 10.4. The first kappa shape index (κ1) is 8.04. The molecule has 4 heteroatoms. The first-order chi connectivity index (χ1) is 3.72. The average molecular weight is 241 g/mol. The van der Waals surface area contributed by atoms with Gasteiger partial charge in [-0.25, -0.2) is 4.99 Å². The van der Waals surface area contributed by atoms with Crippen molar-refractivity contribution in [1.29, 1.82) is 0 Å². The first-order valence-corrected chi connectivity index (χ1v) is 3.40. The van der Waals surface area contributed by atoms with Gasteiger partial charge in [-0.05, 0) is 22.6 Å². The van der Waals surface area contributed by atoms with Crippen molar-refractivity contribution in [1.82, 2.24) is 0 Å². The number of halogens is 2. The molecule has 0 spiro atoms. The summed E-state index contributed by atoms with van der Waals surface area (Å²) in [5.41, 5.74) is 0. The number of hydrogen-bond acceptors (Lipinski definition) is 1. The maximum absolute atomic E-state index is 10.4. The predicted molar refractivity (Wildman–Crippen MR) is 40.5 cm³/mol. The SMILES string of the molecule is C=NC(=O)C(Br)=CBr. The highest BCUT2D eigenvalue weighted by Crippen LogP contribution is 2.08. The van der Waals surface area contributed by atoms with Gasteiger partial charge in [-0.1, -0.05) is 15.9 Å². The van der Waals surface area contributed by atoms with Gasteiger partial charge in [-0.2, -0.15) is 0 Å². The Labute approximate surface area is 63.9 Å². The summed E-state index contributed by atoms with van der Waals surface area (Å²) < 4.78 is 0.368. The van der Waals surface area contributed by atoms with Gasteiger partial charge in [0.1, 0.15) is 0 Å². The van der Waals surface area contributed by atoms with Crippen molar-refractivity contribution in [2.45, 2.75) is 0 Å². The Kier molecular flexibility index (Phi) is 3.99. The summed E-state index contributed by atoms with van der Waals surface area (Å²) >= 11 is 5.87. The van der Waals surface area contributed by atoms with Crippen LogP contribution in [0.2, 0.25) is 0 Å². The Bertz CT molecular complexity index is 141. The highest BCUT2D eigenvalue weighted by molar-refractivity contribution is 9.14. The minimum atomic E-state index is -0.373. The highest BCUT2D eigenvalue weighted by Gasteiger charge is 1.98. The van der Waals surface area contributed by atoms with Crippen molar-refractivity contribution in [2.75, 3.05) is 0 Å². The molecule has 0 saturated carbocycles. The Morgan fingerprint density at radius 3 is 2.38 bits per heavy atom. The first-order valence-electron chi connectivity index (χ1n) is 1.69. The van der Waals surface area contributed by atoms with Crippen molar-refractivity contribution < 1.29 is 4.79 Å². The molecule has 44 valence electrons. The summed E-state index contributed by atoms with van der Waals surface area (Å²) in [4.78, 5) is 14.9. The van der Waals surface area contributed by atoms with Crippen LogP contribution < -0.4 is 0 Å². The van der Waals surface area contributed by atoms with E-state index >= 15 is 0 Å². The van der Waals surface area contributed by atoms with E-state index < -0.39 is 0 Å². The summed E-state index contributed by atoms with van der Waals surface area (Å²) in [5.74, 6) is -0.373. The third-order valence-electron chi connectivity index (χ3n) is 0.444. The Morgan fingerprint density at radius 2 is 2.25 bits per heavy atom. The van der Waals surface area contributed by atoms with Crippen LogP contribution in [0.4, 0.5) is 0 Å². The van der Waals surface area contributed by atoms with Crippen LogP contribution >= 0.6 is 31.9 Å². The molecule has 0 bridgehead atoms. The molecule has 0 saturated heterocycles. The normalized spacial score (nSPS) is 11.0. The van der Waals surface area contributed by atoms with Crippen molar-refractivity contribution >= 4 is 44.5 Å². The van der Waals surface area contributed by atoms with E-state index in [4.69, 9.17) is 0 Å². The molecule has 0 heterocycles. The lowest BCUT2D eigenvalue weighted by molar-refractivity contribution is -0.113. The lowest BCUT2D eigenvalue weighted by atomic mass is 10.6. The molecular formula is C4H3Br2NO. The monoisotopic (exact) mass is 239 g/mol. The van der Waals surface area contributed by atoms with E-state index in [-0.39, 0.29) is 5.91 Å². The molecule has 0 aliphatic heterocycles. The largest absolute Gasteiger partial charge is 0.283 e. The molecule has 0 aliphatic rings. The third-order valence-corrected chi connectivity index (χ3v) is 2.08. The van der Waals surface area contributed by atoms with Crippen LogP contribution in [-0.2, 0) is 4.79 Å². The molecule has 0 unspecified atom stereocenters. The summed E-state index contributed by atoms with van der Waals surface area (Å²) in [5, 5.41) is 0. The van der Waals surface area contributed by atoms with Gasteiger partial charge in [-0.15, -0.1) is 0 Å². The van der Waals surface area contributed by atoms with Crippen LogP contribution in [0.1, 0.15) is 0 Å². The fourth-order valence-corrected chi connectivity index (χ4v) is 0.443. The van der Waals surface area contributed by atoms with E-state index in [0.717, 1.165) is 0 Å². The van der Waals surface area contributed by atoms with Gasteiger partial charge in [0, 0.05) is 4.99 Å². The second-order valence-electron chi connectivity index (χ2n) is 0.920. The molecule has 0 rings (SSSR count). The molecular weight excluding hydrogens is 238 g/mol. The number of amides is 1.